The second kappa shape index (κ2) is 3.34. The summed E-state index contributed by atoms with van der Waals surface area (Å²) in [6.07, 6.45) is 1.58. The molecule has 0 saturated carbocycles. The quantitative estimate of drug-likeness (QED) is 0.506. The molecule has 1 heterocycles. The fraction of sp³-hybridized carbons (Fsp3) is 0.167. The smallest absolute Gasteiger partial charge is 0.423 e. The van der Waals surface area contributed by atoms with Gasteiger partial charge in [-0.25, -0.2) is 4.98 Å². The maximum absolute atomic E-state index is 8.84. The third-order valence-electron chi connectivity index (χ3n) is 1.39. The summed E-state index contributed by atoms with van der Waals surface area (Å²) in [4.78, 5) is 3.92. The van der Waals surface area contributed by atoms with Gasteiger partial charge in [-0.1, -0.05) is 0 Å². The summed E-state index contributed by atoms with van der Waals surface area (Å²) in [7, 11) is -1.42. The van der Waals surface area contributed by atoms with Gasteiger partial charge in [0.25, 0.3) is 0 Å². The fourth-order valence-electron chi connectivity index (χ4n) is 0.791. The Morgan fingerprint density at radius 3 is 2.64 bits per heavy atom. The minimum atomic E-state index is -1.42. The van der Waals surface area contributed by atoms with Crippen molar-refractivity contribution in [2.45, 2.75) is 6.92 Å². The van der Waals surface area contributed by atoms with Gasteiger partial charge in [0.05, 0.1) is 0 Å². The summed E-state index contributed by atoms with van der Waals surface area (Å²) in [6.45, 7) is 1.77. The number of pyridine rings is 1. The SMILES string of the molecule is Cc1cnc(Br)cc1B(O)O. The van der Waals surface area contributed by atoms with E-state index >= 15 is 0 Å². The van der Waals surface area contributed by atoms with E-state index in [1.807, 2.05) is 0 Å². The van der Waals surface area contributed by atoms with Crippen molar-refractivity contribution in [2.75, 3.05) is 0 Å². The number of aromatic nitrogens is 1. The van der Waals surface area contributed by atoms with Crippen molar-refractivity contribution in [3.8, 4) is 0 Å². The molecule has 2 N–H and O–H groups in total. The van der Waals surface area contributed by atoms with E-state index < -0.39 is 7.12 Å². The van der Waals surface area contributed by atoms with E-state index in [2.05, 4.69) is 20.9 Å². The average Bonchev–Trinajstić information content (AvgIpc) is 1.94. The molecule has 0 spiro atoms. The molecule has 0 aromatic carbocycles. The van der Waals surface area contributed by atoms with Crippen LogP contribution >= 0.6 is 15.9 Å². The van der Waals surface area contributed by atoms with Gasteiger partial charge in [0.1, 0.15) is 4.60 Å². The van der Waals surface area contributed by atoms with E-state index in [0.29, 0.717) is 10.1 Å². The molecular weight excluding hydrogens is 209 g/mol. The van der Waals surface area contributed by atoms with Crippen LogP contribution in [0.1, 0.15) is 5.56 Å². The molecule has 0 amide bonds. The highest BCUT2D eigenvalue weighted by Crippen LogP contribution is 2.03. The Morgan fingerprint density at radius 2 is 2.18 bits per heavy atom. The molecule has 0 atom stereocenters. The number of aryl methyl sites for hydroxylation is 1. The number of halogens is 1. The summed E-state index contributed by atoms with van der Waals surface area (Å²) >= 11 is 3.13. The Balaban J connectivity index is 3.13. The molecule has 5 heteroatoms. The second-order valence-electron chi connectivity index (χ2n) is 2.24. The van der Waals surface area contributed by atoms with Crippen molar-refractivity contribution in [2.24, 2.45) is 0 Å². The second-order valence-corrected chi connectivity index (χ2v) is 3.05. The molecule has 11 heavy (non-hydrogen) atoms. The van der Waals surface area contributed by atoms with E-state index in [9.17, 15) is 0 Å². The normalized spacial score (nSPS) is 9.82. The molecule has 0 unspecified atom stereocenters. The van der Waals surface area contributed by atoms with Crippen LogP contribution in [0.4, 0.5) is 0 Å². The van der Waals surface area contributed by atoms with E-state index in [1.165, 1.54) is 0 Å². The van der Waals surface area contributed by atoms with Gasteiger partial charge in [0.2, 0.25) is 0 Å². The van der Waals surface area contributed by atoms with Gasteiger partial charge in [-0.2, -0.15) is 0 Å². The van der Waals surface area contributed by atoms with Crippen LogP contribution in [0.15, 0.2) is 16.9 Å². The van der Waals surface area contributed by atoms with E-state index in [-0.39, 0.29) is 0 Å². The number of hydrogen-bond acceptors (Lipinski definition) is 3. The van der Waals surface area contributed by atoms with Crippen molar-refractivity contribution in [3.05, 3.63) is 22.4 Å². The standard InChI is InChI=1S/C6H7BBrNO2/c1-4-3-9-6(8)2-5(4)7(10)11/h2-3,10-11H,1H3. The number of nitrogens with zero attached hydrogens (tertiary/aromatic N) is 1. The third kappa shape index (κ3) is 2.02. The van der Waals surface area contributed by atoms with Gasteiger partial charge >= 0.3 is 7.12 Å². The zero-order chi connectivity index (χ0) is 8.43. The lowest BCUT2D eigenvalue weighted by Crippen LogP contribution is -2.32. The van der Waals surface area contributed by atoms with E-state index in [4.69, 9.17) is 10.0 Å². The van der Waals surface area contributed by atoms with Crippen LogP contribution in [0, 0.1) is 6.92 Å². The Labute approximate surface area is 73.4 Å². The lowest BCUT2D eigenvalue weighted by Gasteiger charge is -2.02. The molecule has 1 aromatic heterocycles. The molecule has 1 aromatic rings. The molecule has 0 radical (unpaired) electrons. The van der Waals surface area contributed by atoms with Crippen LogP contribution in [-0.2, 0) is 0 Å². The zero-order valence-electron chi connectivity index (χ0n) is 5.95. The molecule has 0 aliphatic rings. The molecular formula is C6H7BBrNO2. The first-order valence-electron chi connectivity index (χ1n) is 3.09. The van der Waals surface area contributed by atoms with Gasteiger partial charge < -0.3 is 10.0 Å². The lowest BCUT2D eigenvalue weighted by molar-refractivity contribution is 0.425. The maximum Gasteiger partial charge on any atom is 0.488 e. The molecule has 0 fully saturated rings. The zero-order valence-corrected chi connectivity index (χ0v) is 7.54. The molecule has 0 saturated heterocycles. The summed E-state index contributed by atoms with van der Waals surface area (Å²) in [6, 6.07) is 1.58. The predicted octanol–water partition coefficient (Wildman–Crippen LogP) is -0.168. The van der Waals surface area contributed by atoms with E-state index in [0.717, 1.165) is 5.56 Å². The topological polar surface area (TPSA) is 53.4 Å². The molecule has 58 valence electrons. The molecule has 1 rings (SSSR count). The van der Waals surface area contributed by atoms with Gasteiger partial charge in [-0.05, 0) is 39.9 Å². The Morgan fingerprint density at radius 1 is 1.55 bits per heavy atom. The van der Waals surface area contributed by atoms with Crippen molar-refractivity contribution < 1.29 is 10.0 Å². The van der Waals surface area contributed by atoms with E-state index in [1.54, 1.807) is 19.2 Å². The summed E-state index contributed by atoms with van der Waals surface area (Å²) in [5.74, 6) is 0. The van der Waals surface area contributed by atoms with Gasteiger partial charge in [0, 0.05) is 6.20 Å². The van der Waals surface area contributed by atoms with Crippen LogP contribution < -0.4 is 5.46 Å². The summed E-state index contributed by atoms with van der Waals surface area (Å²) in [5, 5.41) is 17.7. The van der Waals surface area contributed by atoms with Crippen molar-refractivity contribution in [3.63, 3.8) is 0 Å². The van der Waals surface area contributed by atoms with Crippen LogP contribution in [0.5, 0.6) is 0 Å². The van der Waals surface area contributed by atoms with Crippen molar-refractivity contribution in [1.29, 1.82) is 0 Å². The fourth-order valence-corrected chi connectivity index (χ4v) is 1.14. The lowest BCUT2D eigenvalue weighted by atomic mass is 9.78. The Bertz CT molecular complexity index is 267. The molecule has 0 aliphatic heterocycles. The highest BCUT2D eigenvalue weighted by molar-refractivity contribution is 9.10. The van der Waals surface area contributed by atoms with Gasteiger partial charge in [0.15, 0.2) is 0 Å². The van der Waals surface area contributed by atoms with Crippen molar-refractivity contribution in [1.82, 2.24) is 4.98 Å². The first kappa shape index (κ1) is 8.71. The summed E-state index contributed by atoms with van der Waals surface area (Å²) in [5.41, 5.74) is 1.25. The van der Waals surface area contributed by atoms with Gasteiger partial charge in [-0.15, -0.1) is 0 Å². The Kier molecular flexibility index (Phi) is 2.65. The highest BCUT2D eigenvalue weighted by Gasteiger charge is 2.13. The Hall–Kier alpha value is -0.385. The number of hydrogen-bond donors (Lipinski definition) is 2. The average molecular weight is 216 g/mol. The van der Waals surface area contributed by atoms with Crippen LogP contribution in [0.2, 0.25) is 0 Å². The van der Waals surface area contributed by atoms with Crippen LogP contribution in [-0.4, -0.2) is 22.2 Å². The largest absolute Gasteiger partial charge is 0.488 e. The third-order valence-corrected chi connectivity index (χ3v) is 1.82. The first-order chi connectivity index (χ1) is 5.11. The number of rotatable bonds is 1. The van der Waals surface area contributed by atoms with Gasteiger partial charge in [-0.3, -0.25) is 0 Å². The maximum atomic E-state index is 8.84. The first-order valence-corrected chi connectivity index (χ1v) is 3.88. The molecule has 3 nitrogen and oxygen atoms in total. The minimum Gasteiger partial charge on any atom is -0.423 e. The monoisotopic (exact) mass is 215 g/mol. The predicted molar refractivity (Wildman–Crippen MR) is 46.5 cm³/mol. The molecule has 0 bridgehead atoms. The highest BCUT2D eigenvalue weighted by atomic mass is 79.9. The minimum absolute atomic E-state index is 0.479. The molecule has 0 aliphatic carbocycles. The van der Waals surface area contributed by atoms with Crippen LogP contribution in [0.25, 0.3) is 0 Å². The van der Waals surface area contributed by atoms with Crippen molar-refractivity contribution >= 4 is 28.5 Å². The summed E-state index contributed by atoms with van der Waals surface area (Å²) < 4.78 is 0.603. The van der Waals surface area contributed by atoms with Crippen LogP contribution in [0.3, 0.4) is 0 Å².